The van der Waals surface area contributed by atoms with Gasteiger partial charge in [-0.1, -0.05) is 0 Å². The van der Waals surface area contributed by atoms with Crippen molar-refractivity contribution in [3.8, 4) is 0 Å². The first kappa shape index (κ1) is 26.1. The Balaban J connectivity index is -0.0000000150. The molecular formula is H6O5SiZr. The van der Waals surface area contributed by atoms with Crippen molar-refractivity contribution in [2.24, 2.45) is 0 Å². The minimum atomic E-state index is -3.13. The van der Waals surface area contributed by atoms with Crippen LogP contribution in [0.1, 0.15) is 0 Å². The molecule has 0 unspecified atom stereocenters. The molecule has 0 amide bonds. The van der Waals surface area contributed by atoms with E-state index in [1.54, 1.807) is 0 Å². The van der Waals surface area contributed by atoms with Crippen LogP contribution in [0.3, 0.4) is 0 Å². The van der Waals surface area contributed by atoms with Crippen LogP contribution in [0, 0.1) is 0 Å². The molecule has 0 atom stereocenters. The van der Waals surface area contributed by atoms with Crippen molar-refractivity contribution in [1.29, 1.82) is 0 Å². The fourth-order valence-electron chi connectivity index (χ4n) is 0. The number of hydrogen-bond acceptors (Lipinski definition) is 1. The zero-order valence-corrected chi connectivity index (χ0v) is 6.76. The van der Waals surface area contributed by atoms with Gasteiger partial charge in [0.05, 0.1) is 0 Å². The first-order valence-electron chi connectivity index (χ1n) is 0.651. The maximum atomic E-state index is 8.74. The van der Waals surface area contributed by atoms with Gasteiger partial charge in [-0.3, -0.25) is 4.46 Å². The van der Waals surface area contributed by atoms with Crippen LogP contribution in [0.15, 0.2) is 0 Å². The summed E-state index contributed by atoms with van der Waals surface area (Å²) in [7, 11) is -3.13. The largest absolute Gasteiger partial charge is 0.761 e. The summed E-state index contributed by atoms with van der Waals surface area (Å²) in [4.78, 5) is 14.3. The molecule has 0 rings (SSSR count). The molecule has 0 aromatic rings. The molecule has 0 fully saturated rings. The quantitative estimate of drug-likeness (QED) is 0.404. The topological polar surface area (TPSA) is 121 Å². The smallest absolute Gasteiger partial charge is 0.511 e. The third-order valence-electron chi connectivity index (χ3n) is 0. The van der Waals surface area contributed by atoms with E-state index < -0.39 is 9.17 Å². The molecule has 7 heavy (non-hydrogen) atoms. The van der Waals surface area contributed by atoms with Crippen molar-refractivity contribution in [3.63, 3.8) is 0 Å². The van der Waals surface area contributed by atoms with Gasteiger partial charge in [0, 0.05) is 26.2 Å². The van der Waals surface area contributed by atoms with E-state index in [0.29, 0.717) is 0 Å². The van der Waals surface area contributed by atoms with Gasteiger partial charge in [-0.15, -0.1) is 0 Å². The minimum absolute atomic E-state index is 0. The number of hydrogen-bond donors (Lipinski definition) is 2. The Morgan fingerprint density at radius 2 is 1.14 bits per heavy atom. The van der Waals surface area contributed by atoms with Crippen molar-refractivity contribution >= 4 is 9.17 Å². The molecule has 0 saturated heterocycles. The second-order valence-corrected chi connectivity index (χ2v) is 0.848. The van der Waals surface area contributed by atoms with E-state index in [0.717, 1.165) is 0 Å². The Hall–Kier alpha value is 0.420. The third kappa shape index (κ3) is 711. The van der Waals surface area contributed by atoms with E-state index in [-0.39, 0.29) is 37.2 Å². The third-order valence-corrected chi connectivity index (χ3v) is 0. The first-order chi connectivity index (χ1) is 1.73. The van der Waals surface area contributed by atoms with Crippen LogP contribution < -0.4 is 0 Å². The molecule has 7 heteroatoms. The van der Waals surface area contributed by atoms with E-state index in [1.807, 2.05) is 0 Å². The standard InChI is InChI=1S/H2O3Si.2H2O.Zr/c1-4(2)3;;;/h1-2H;2*1H2;. The van der Waals surface area contributed by atoms with Gasteiger partial charge >= 0.3 is 9.17 Å². The van der Waals surface area contributed by atoms with Gasteiger partial charge in [0.1, 0.15) is 0 Å². The molecule has 0 aromatic heterocycles. The Bertz CT molecular complexity index is 31.1. The summed E-state index contributed by atoms with van der Waals surface area (Å²) in [5, 5.41) is 0. The SMILES string of the molecule is O.O.O=[Si](O)O.[Zr]. The van der Waals surface area contributed by atoms with E-state index in [9.17, 15) is 0 Å². The molecule has 0 aromatic carbocycles. The van der Waals surface area contributed by atoms with E-state index >= 15 is 0 Å². The molecule has 44 valence electrons. The average Bonchev–Trinajstić information content (AvgIpc) is 0.811. The Morgan fingerprint density at radius 3 is 1.14 bits per heavy atom. The molecule has 5 nitrogen and oxygen atoms in total. The van der Waals surface area contributed by atoms with Crippen LogP contribution in [0.5, 0.6) is 0 Å². The molecule has 0 spiro atoms. The summed E-state index contributed by atoms with van der Waals surface area (Å²) in [6.07, 6.45) is 0. The Labute approximate surface area is 60.6 Å². The van der Waals surface area contributed by atoms with Gasteiger partial charge in [-0.25, -0.2) is 0 Å². The maximum Gasteiger partial charge on any atom is 0.761 e. The van der Waals surface area contributed by atoms with Gasteiger partial charge < -0.3 is 20.5 Å². The summed E-state index contributed by atoms with van der Waals surface area (Å²) in [6.45, 7) is 0. The molecule has 6 N–H and O–H groups in total. The summed E-state index contributed by atoms with van der Waals surface area (Å²) >= 11 is 0. The summed E-state index contributed by atoms with van der Waals surface area (Å²) in [5.41, 5.74) is 0. The molecule has 0 aliphatic heterocycles. The monoisotopic (exact) mass is 204 g/mol. The first-order valence-corrected chi connectivity index (χ1v) is 1.95. The predicted octanol–water partition coefficient (Wildman–Crippen LogP) is -3.27. The zero-order valence-electron chi connectivity index (χ0n) is 3.30. The molecule has 0 saturated carbocycles. The van der Waals surface area contributed by atoms with E-state index in [2.05, 4.69) is 0 Å². The van der Waals surface area contributed by atoms with E-state index in [4.69, 9.17) is 14.1 Å². The van der Waals surface area contributed by atoms with Crippen molar-refractivity contribution < 1.29 is 51.2 Å². The van der Waals surface area contributed by atoms with Crippen molar-refractivity contribution in [2.45, 2.75) is 0 Å². The van der Waals surface area contributed by atoms with Crippen LogP contribution in [0.2, 0.25) is 0 Å². The second kappa shape index (κ2) is 16.1. The normalized spacial score (nSPS) is 3.43. The van der Waals surface area contributed by atoms with Gasteiger partial charge in [0.25, 0.3) is 0 Å². The molecule has 0 aliphatic carbocycles. The molecule has 0 bridgehead atoms. The number of rotatable bonds is 0. The van der Waals surface area contributed by atoms with Crippen molar-refractivity contribution in [1.82, 2.24) is 0 Å². The van der Waals surface area contributed by atoms with Crippen LogP contribution in [0.25, 0.3) is 0 Å². The van der Waals surface area contributed by atoms with E-state index in [1.165, 1.54) is 0 Å². The van der Waals surface area contributed by atoms with Crippen LogP contribution in [0.4, 0.5) is 0 Å². The zero-order chi connectivity index (χ0) is 3.58. The van der Waals surface area contributed by atoms with Gasteiger partial charge in [0.15, 0.2) is 0 Å². The molecule has 0 heterocycles. The van der Waals surface area contributed by atoms with Crippen LogP contribution >= 0.6 is 0 Å². The predicted molar refractivity (Wildman–Crippen MR) is 18.1 cm³/mol. The van der Waals surface area contributed by atoms with Crippen molar-refractivity contribution in [2.75, 3.05) is 0 Å². The van der Waals surface area contributed by atoms with Crippen LogP contribution in [-0.4, -0.2) is 29.7 Å². The van der Waals surface area contributed by atoms with Gasteiger partial charge in [0.2, 0.25) is 0 Å². The summed E-state index contributed by atoms with van der Waals surface area (Å²) in [6, 6.07) is 0. The molecule has 0 radical (unpaired) electrons. The second-order valence-electron chi connectivity index (χ2n) is 0.283. The Kier molecular flexibility index (Phi) is 60.2. The van der Waals surface area contributed by atoms with Crippen LogP contribution in [-0.2, 0) is 30.7 Å². The minimum Gasteiger partial charge on any atom is -0.511 e. The Morgan fingerprint density at radius 1 is 1.14 bits per heavy atom. The van der Waals surface area contributed by atoms with Gasteiger partial charge in [-0.05, 0) is 0 Å². The average molecular weight is 205 g/mol. The fourth-order valence-corrected chi connectivity index (χ4v) is 0. The van der Waals surface area contributed by atoms with Crippen molar-refractivity contribution in [3.05, 3.63) is 0 Å². The molecule has 0 aliphatic rings. The fraction of sp³-hybridized carbons (Fsp3) is 0. The molecular weight excluding hydrogens is 199 g/mol. The maximum absolute atomic E-state index is 8.74. The summed E-state index contributed by atoms with van der Waals surface area (Å²) < 4.78 is 8.74. The summed E-state index contributed by atoms with van der Waals surface area (Å²) in [5.74, 6) is 0. The van der Waals surface area contributed by atoms with Gasteiger partial charge in [-0.2, -0.15) is 0 Å².